The fourth-order valence-electron chi connectivity index (χ4n) is 7.55. The molecule has 0 aromatic heterocycles. The second kappa shape index (κ2) is 15.8. The normalized spacial score (nSPS) is 27.7. The Labute approximate surface area is 259 Å². The van der Waals surface area contributed by atoms with Crippen LogP contribution in [-0.2, 0) is 9.47 Å². The van der Waals surface area contributed by atoms with Gasteiger partial charge in [-0.1, -0.05) is 68.2 Å². The molecule has 4 atom stereocenters. The molecule has 0 radical (unpaired) electrons. The summed E-state index contributed by atoms with van der Waals surface area (Å²) in [6.07, 6.45) is 7.56. The highest BCUT2D eigenvalue weighted by molar-refractivity contribution is 5.93. The van der Waals surface area contributed by atoms with Gasteiger partial charge in [0.2, 0.25) is 0 Å². The maximum absolute atomic E-state index is 12.7. The molecule has 248 valence electrons. The van der Waals surface area contributed by atoms with E-state index in [2.05, 4.69) is 68.1 Å². The molecule has 2 aliphatic carbocycles. The lowest BCUT2D eigenvalue weighted by Crippen LogP contribution is -2.54. The van der Waals surface area contributed by atoms with E-state index in [-0.39, 0.29) is 33.7 Å². The number of alkyl carbamates (subject to hydrolysis) is 2. The van der Waals surface area contributed by atoms with Crippen molar-refractivity contribution in [3.05, 3.63) is 0 Å². The van der Waals surface area contributed by atoms with Crippen molar-refractivity contribution in [2.24, 2.45) is 21.7 Å². The average molecular weight is 610 g/mol. The molecule has 11 heteroatoms. The summed E-state index contributed by atoms with van der Waals surface area (Å²) in [6, 6.07) is -1.25. The SMILES string of the molecule is CCCCOC(=O)NC1CC(C)(C)CC(C)(CNC(=O)NC(=O)NCC2(C)CC(NC(=O)OCCCC)CC(C)(C)C2)C1. The fourth-order valence-corrected chi connectivity index (χ4v) is 7.55. The highest BCUT2D eigenvalue weighted by atomic mass is 16.6. The van der Waals surface area contributed by atoms with Gasteiger partial charge in [-0.15, -0.1) is 0 Å². The summed E-state index contributed by atoms with van der Waals surface area (Å²) in [5.74, 6) is 0. The van der Waals surface area contributed by atoms with Crippen LogP contribution in [0.15, 0.2) is 0 Å². The maximum Gasteiger partial charge on any atom is 0.407 e. The van der Waals surface area contributed by atoms with Gasteiger partial charge in [-0.3, -0.25) is 5.32 Å². The van der Waals surface area contributed by atoms with Crippen LogP contribution in [0.25, 0.3) is 0 Å². The van der Waals surface area contributed by atoms with Crippen LogP contribution in [0, 0.1) is 21.7 Å². The van der Waals surface area contributed by atoms with Crippen molar-refractivity contribution in [1.29, 1.82) is 0 Å². The van der Waals surface area contributed by atoms with Crippen LogP contribution in [-0.4, -0.2) is 62.6 Å². The number of ether oxygens (including phenoxy) is 2. The first-order valence-corrected chi connectivity index (χ1v) is 16.2. The van der Waals surface area contributed by atoms with E-state index in [4.69, 9.17) is 9.47 Å². The predicted molar refractivity (Wildman–Crippen MR) is 168 cm³/mol. The van der Waals surface area contributed by atoms with Crippen LogP contribution in [0.4, 0.5) is 19.2 Å². The van der Waals surface area contributed by atoms with Gasteiger partial charge < -0.3 is 30.7 Å². The number of hydrogen-bond donors (Lipinski definition) is 5. The van der Waals surface area contributed by atoms with Crippen LogP contribution >= 0.6 is 0 Å². The molecule has 0 aliphatic heterocycles. The number of carbonyl (C=O) groups is 4. The lowest BCUT2D eigenvalue weighted by Gasteiger charge is -2.47. The zero-order valence-corrected chi connectivity index (χ0v) is 28.0. The summed E-state index contributed by atoms with van der Waals surface area (Å²) in [6.45, 7) is 18.5. The van der Waals surface area contributed by atoms with Gasteiger partial charge in [-0.25, -0.2) is 19.2 Å². The van der Waals surface area contributed by atoms with Crippen molar-refractivity contribution in [3.63, 3.8) is 0 Å². The number of hydrogen-bond acceptors (Lipinski definition) is 6. The highest BCUT2D eigenvalue weighted by Crippen LogP contribution is 2.46. The summed E-state index contributed by atoms with van der Waals surface area (Å²) < 4.78 is 10.6. The Balaban J connectivity index is 1.84. The maximum atomic E-state index is 12.7. The standard InChI is InChI=1S/C32H59N5O6/c1-9-11-13-42-27(40)35-23-15-29(3,4)19-31(7,17-23)21-33-25(38)37-26(39)34-22-32(8)18-24(16-30(5,6)20-32)36-28(41)43-14-12-10-2/h23-24H,9-22H2,1-8H3,(H,35,40)(H,36,41)(H3,33,34,37,38,39). The van der Waals surface area contributed by atoms with E-state index in [0.29, 0.717) is 39.1 Å². The Kier molecular flexibility index (Phi) is 13.4. The number of imide groups is 1. The van der Waals surface area contributed by atoms with Crippen LogP contribution in [0.2, 0.25) is 0 Å². The smallest absolute Gasteiger partial charge is 0.407 e. The van der Waals surface area contributed by atoms with E-state index in [0.717, 1.165) is 51.4 Å². The molecule has 0 saturated heterocycles. The van der Waals surface area contributed by atoms with E-state index in [9.17, 15) is 19.2 Å². The van der Waals surface area contributed by atoms with E-state index in [1.807, 2.05) is 13.8 Å². The number of nitrogens with one attached hydrogen (secondary N) is 5. The average Bonchev–Trinajstić information content (AvgIpc) is 2.84. The van der Waals surface area contributed by atoms with Gasteiger partial charge in [-0.2, -0.15) is 0 Å². The predicted octanol–water partition coefficient (Wildman–Crippen LogP) is 6.22. The zero-order valence-electron chi connectivity index (χ0n) is 28.0. The Morgan fingerprint density at radius 3 is 1.35 bits per heavy atom. The van der Waals surface area contributed by atoms with Gasteiger partial charge in [0.25, 0.3) is 0 Å². The summed E-state index contributed by atoms with van der Waals surface area (Å²) in [5.41, 5.74) is -0.603. The van der Waals surface area contributed by atoms with Crippen LogP contribution in [0.1, 0.15) is 120 Å². The largest absolute Gasteiger partial charge is 0.450 e. The van der Waals surface area contributed by atoms with E-state index in [1.165, 1.54) is 0 Å². The zero-order chi connectivity index (χ0) is 32.3. The van der Waals surface area contributed by atoms with Gasteiger partial charge >= 0.3 is 24.2 Å². The van der Waals surface area contributed by atoms with Crippen LogP contribution in [0.3, 0.4) is 0 Å². The molecule has 2 fully saturated rings. The minimum absolute atomic E-state index is 0.0356. The summed E-state index contributed by atoms with van der Waals surface area (Å²) in [5, 5.41) is 14.2. The molecule has 0 aromatic rings. The summed E-state index contributed by atoms with van der Waals surface area (Å²) >= 11 is 0. The number of urea groups is 2. The van der Waals surface area contributed by atoms with Gasteiger partial charge in [-0.05, 0) is 73.0 Å². The van der Waals surface area contributed by atoms with Crippen molar-refractivity contribution in [3.8, 4) is 0 Å². The number of amides is 6. The lowest BCUT2D eigenvalue weighted by molar-refractivity contribution is 0.0663. The van der Waals surface area contributed by atoms with Crippen LogP contribution < -0.4 is 26.6 Å². The van der Waals surface area contributed by atoms with Gasteiger partial charge in [0.05, 0.1) is 13.2 Å². The second-order valence-corrected chi connectivity index (χ2v) is 15.3. The molecule has 43 heavy (non-hydrogen) atoms. The number of rotatable bonds is 12. The quantitative estimate of drug-likeness (QED) is 0.166. The summed E-state index contributed by atoms with van der Waals surface area (Å²) in [4.78, 5) is 49.9. The number of carbonyl (C=O) groups excluding carboxylic acids is 4. The van der Waals surface area contributed by atoms with Gasteiger partial charge in [0.1, 0.15) is 0 Å². The molecule has 2 aliphatic rings. The molecule has 6 amide bonds. The molecule has 4 unspecified atom stereocenters. The Morgan fingerprint density at radius 1 is 0.628 bits per heavy atom. The third-order valence-electron chi connectivity index (χ3n) is 8.57. The van der Waals surface area contributed by atoms with E-state index in [1.54, 1.807) is 0 Å². The molecule has 0 spiro atoms. The van der Waals surface area contributed by atoms with Crippen molar-refractivity contribution < 1.29 is 28.7 Å². The molecular formula is C32H59N5O6. The molecule has 2 saturated carbocycles. The highest BCUT2D eigenvalue weighted by Gasteiger charge is 2.43. The molecular weight excluding hydrogens is 550 g/mol. The lowest BCUT2D eigenvalue weighted by atomic mass is 9.62. The molecule has 5 N–H and O–H groups in total. The van der Waals surface area contributed by atoms with Crippen molar-refractivity contribution in [1.82, 2.24) is 26.6 Å². The van der Waals surface area contributed by atoms with Crippen molar-refractivity contribution in [2.75, 3.05) is 26.3 Å². The summed E-state index contributed by atoms with van der Waals surface area (Å²) in [7, 11) is 0. The van der Waals surface area contributed by atoms with Gasteiger partial charge in [0.15, 0.2) is 0 Å². The third-order valence-corrected chi connectivity index (χ3v) is 8.57. The van der Waals surface area contributed by atoms with E-state index >= 15 is 0 Å². The third kappa shape index (κ3) is 13.6. The first kappa shape index (κ1) is 36.5. The van der Waals surface area contributed by atoms with Crippen molar-refractivity contribution >= 4 is 24.2 Å². The monoisotopic (exact) mass is 609 g/mol. The first-order chi connectivity index (χ1) is 20.0. The first-order valence-electron chi connectivity index (χ1n) is 16.2. The van der Waals surface area contributed by atoms with Crippen molar-refractivity contribution in [2.45, 2.75) is 132 Å². The molecule has 0 heterocycles. The Morgan fingerprint density at radius 2 is 1.00 bits per heavy atom. The minimum atomic E-state index is -0.561. The van der Waals surface area contributed by atoms with Crippen LogP contribution in [0.5, 0.6) is 0 Å². The Hall–Kier alpha value is -2.72. The minimum Gasteiger partial charge on any atom is -0.450 e. The topological polar surface area (TPSA) is 147 Å². The molecule has 0 bridgehead atoms. The number of unbranched alkanes of at least 4 members (excludes halogenated alkanes) is 2. The Bertz CT molecular complexity index is 883. The fraction of sp³-hybridized carbons (Fsp3) is 0.875. The van der Waals surface area contributed by atoms with Gasteiger partial charge in [0, 0.05) is 25.2 Å². The molecule has 11 nitrogen and oxygen atoms in total. The molecule has 0 aromatic carbocycles. The van der Waals surface area contributed by atoms with E-state index < -0.39 is 24.2 Å². The second-order valence-electron chi connectivity index (χ2n) is 15.3. The molecule has 2 rings (SSSR count).